The van der Waals surface area contributed by atoms with Crippen LogP contribution >= 0.6 is 0 Å². The largest absolute Gasteiger partial charge is 1.00 e. The molecule has 0 radical (unpaired) electrons. The molecule has 2 aromatic carbocycles. The summed E-state index contributed by atoms with van der Waals surface area (Å²) in [6.45, 7) is 0. The third-order valence-corrected chi connectivity index (χ3v) is 2.43. The molecule has 0 fully saturated rings. The normalized spacial score (nSPS) is 9.33. The molecule has 0 aliphatic rings. The van der Waals surface area contributed by atoms with Crippen molar-refractivity contribution >= 4 is 11.8 Å². The van der Waals surface area contributed by atoms with Gasteiger partial charge < -0.3 is 6.53 Å². The predicted molar refractivity (Wildman–Crippen MR) is 64.4 cm³/mol. The van der Waals surface area contributed by atoms with Gasteiger partial charge in [-0.1, -0.05) is 42.5 Å². The van der Waals surface area contributed by atoms with Crippen molar-refractivity contribution in [2.45, 2.75) is 0 Å². The molecule has 86 valence electrons. The summed E-state index contributed by atoms with van der Waals surface area (Å²) < 4.78 is 0. The van der Waals surface area contributed by atoms with Crippen LogP contribution < -0.4 is 29.6 Å². The summed E-state index contributed by atoms with van der Waals surface area (Å²) in [5, 5.41) is 8.75. The molecule has 0 bridgehead atoms. The molecule has 0 heterocycles. The Morgan fingerprint density at radius 2 is 1.22 bits per heavy atom. The minimum Gasteiger partial charge on any atom is -1.00 e. The predicted octanol–water partition coefficient (Wildman–Crippen LogP) is -0.268. The van der Waals surface area contributed by atoms with Crippen molar-refractivity contribution < 1.29 is 45.7 Å². The van der Waals surface area contributed by atoms with Gasteiger partial charge in [0, 0.05) is 11.1 Å². The average Bonchev–Trinajstić information content (AvgIpc) is 2.39. The minimum atomic E-state index is -0.997. The Bertz CT molecular complexity index is 553. The average molecular weight is 250 g/mol. The number of carboxylic acid groups (broad SMARTS) is 1. The van der Waals surface area contributed by atoms with E-state index in [1.54, 1.807) is 24.3 Å². The van der Waals surface area contributed by atoms with Gasteiger partial charge in [0.2, 0.25) is 0 Å². The number of rotatable bonds is 3. The molecule has 18 heavy (non-hydrogen) atoms. The Morgan fingerprint density at radius 1 is 0.778 bits per heavy atom. The number of hydrogen-bond donors (Lipinski definition) is 1. The first-order valence-electron chi connectivity index (χ1n) is 5.11. The Kier molecular flexibility index (Phi) is 5.28. The summed E-state index contributed by atoms with van der Waals surface area (Å²) in [6.07, 6.45) is 0. The van der Waals surface area contributed by atoms with Crippen LogP contribution in [0, 0.1) is 0 Å². The third-order valence-electron chi connectivity index (χ3n) is 2.43. The summed E-state index contributed by atoms with van der Waals surface area (Å²) in [5.74, 6) is -1.11. The molecule has 1 N–H and O–H groups in total. The number of carbonyl (C=O) groups excluding carboxylic acids is 1. The van der Waals surface area contributed by atoms with Crippen LogP contribution in [0.25, 0.3) is 0 Å². The maximum Gasteiger partial charge on any atom is 1.00 e. The summed E-state index contributed by atoms with van der Waals surface area (Å²) in [4.78, 5) is 22.6. The molecule has 0 unspecified atom stereocenters. The zero-order valence-corrected chi connectivity index (χ0v) is 12.0. The van der Waals surface area contributed by atoms with Crippen LogP contribution in [-0.2, 0) is 0 Å². The fraction of sp³-hybridized carbons (Fsp3) is 0. The van der Waals surface area contributed by atoms with Crippen molar-refractivity contribution in [3.8, 4) is 0 Å². The molecular formula is C14H11NaO3. The number of aromatic carboxylic acids is 1. The van der Waals surface area contributed by atoms with Crippen LogP contribution in [0.4, 0.5) is 0 Å². The van der Waals surface area contributed by atoms with Gasteiger partial charge in [0.05, 0.1) is 5.56 Å². The first kappa shape index (κ1) is 14.6. The van der Waals surface area contributed by atoms with Gasteiger partial charge >= 0.3 is 35.5 Å². The van der Waals surface area contributed by atoms with Crippen molar-refractivity contribution in [2.24, 2.45) is 0 Å². The molecule has 0 aliphatic heterocycles. The van der Waals surface area contributed by atoms with Crippen molar-refractivity contribution in [1.82, 2.24) is 0 Å². The van der Waals surface area contributed by atoms with Crippen LogP contribution in [-0.4, -0.2) is 16.9 Å². The third kappa shape index (κ3) is 3.29. The molecule has 0 saturated heterocycles. The van der Waals surface area contributed by atoms with E-state index < -0.39 is 5.97 Å². The van der Waals surface area contributed by atoms with Gasteiger partial charge in [-0.05, 0) is 12.1 Å². The van der Waals surface area contributed by atoms with Crippen molar-refractivity contribution in [3.63, 3.8) is 0 Å². The van der Waals surface area contributed by atoms with Crippen molar-refractivity contribution in [2.75, 3.05) is 0 Å². The summed E-state index contributed by atoms with van der Waals surface area (Å²) in [6, 6.07) is 14.8. The van der Waals surface area contributed by atoms with E-state index in [9.17, 15) is 9.59 Å². The molecular weight excluding hydrogens is 239 g/mol. The van der Waals surface area contributed by atoms with Gasteiger partial charge in [-0.2, -0.15) is 0 Å². The molecule has 3 nitrogen and oxygen atoms in total. The van der Waals surface area contributed by atoms with E-state index in [0.29, 0.717) is 11.1 Å². The second-order valence-electron chi connectivity index (χ2n) is 3.58. The second-order valence-corrected chi connectivity index (χ2v) is 3.58. The summed E-state index contributed by atoms with van der Waals surface area (Å²) in [7, 11) is 0. The van der Waals surface area contributed by atoms with Gasteiger partial charge in [0.1, 0.15) is 0 Å². The number of hydrogen-bond acceptors (Lipinski definition) is 2. The molecule has 0 amide bonds. The van der Waals surface area contributed by atoms with Crippen LogP contribution in [0.1, 0.15) is 27.7 Å². The van der Waals surface area contributed by atoms with Crippen molar-refractivity contribution in [1.29, 1.82) is 0 Å². The number of benzene rings is 2. The monoisotopic (exact) mass is 250 g/mol. The maximum atomic E-state index is 12.0. The topological polar surface area (TPSA) is 54.4 Å². The van der Waals surface area contributed by atoms with Crippen molar-refractivity contribution in [3.05, 3.63) is 71.3 Å². The Morgan fingerprint density at radius 3 is 1.72 bits per heavy atom. The van der Waals surface area contributed by atoms with E-state index in [4.69, 9.17) is 5.11 Å². The van der Waals surface area contributed by atoms with E-state index in [1.165, 1.54) is 24.3 Å². The van der Waals surface area contributed by atoms with E-state index in [0.717, 1.165) is 0 Å². The SMILES string of the molecule is O=C(O)c1ccc(C(=O)c2ccccc2)cc1.[H-].[Na+]. The number of ketones is 1. The van der Waals surface area contributed by atoms with Gasteiger partial charge in [0.25, 0.3) is 0 Å². The van der Waals surface area contributed by atoms with E-state index in [1.807, 2.05) is 6.07 Å². The molecule has 2 aromatic rings. The fourth-order valence-electron chi connectivity index (χ4n) is 1.52. The maximum absolute atomic E-state index is 12.0. The minimum absolute atomic E-state index is 0. The van der Waals surface area contributed by atoms with Gasteiger partial charge in [0.15, 0.2) is 5.78 Å². The van der Waals surface area contributed by atoms with Crippen LogP contribution in [0.5, 0.6) is 0 Å². The molecule has 2 rings (SSSR count). The Labute approximate surface area is 128 Å². The first-order valence-corrected chi connectivity index (χ1v) is 5.11. The number of carbonyl (C=O) groups is 2. The summed E-state index contributed by atoms with van der Waals surface area (Å²) >= 11 is 0. The molecule has 0 aliphatic carbocycles. The molecule has 0 saturated carbocycles. The second kappa shape index (κ2) is 6.50. The van der Waals surface area contributed by atoms with Crippen LogP contribution in [0.2, 0.25) is 0 Å². The van der Waals surface area contributed by atoms with Gasteiger partial charge in [-0.15, -0.1) is 0 Å². The standard InChI is InChI=1S/C14H10O3.Na.H/c15-13(10-4-2-1-3-5-10)11-6-8-12(9-7-11)14(16)17;;/h1-9H,(H,16,17);;/q;+1;-1. The quantitative estimate of drug-likeness (QED) is 0.603. The smallest absolute Gasteiger partial charge is 1.00 e. The first-order chi connectivity index (χ1) is 8.18. The Hall–Kier alpha value is -1.42. The van der Waals surface area contributed by atoms with E-state index in [2.05, 4.69) is 0 Å². The van der Waals surface area contributed by atoms with Gasteiger partial charge in [-0.25, -0.2) is 4.79 Å². The zero-order valence-electron chi connectivity index (χ0n) is 11.0. The molecule has 4 heteroatoms. The zero-order chi connectivity index (χ0) is 12.3. The molecule has 0 aromatic heterocycles. The van der Waals surface area contributed by atoms with Crippen LogP contribution in [0.3, 0.4) is 0 Å². The van der Waals surface area contributed by atoms with Gasteiger partial charge in [-0.3, -0.25) is 4.79 Å². The Balaban J connectivity index is 0.00000162. The number of carboxylic acids is 1. The van der Waals surface area contributed by atoms with Crippen LogP contribution in [0.15, 0.2) is 54.6 Å². The molecule has 0 spiro atoms. The molecule has 0 atom stereocenters. The van der Waals surface area contributed by atoms with E-state index >= 15 is 0 Å². The summed E-state index contributed by atoms with van der Waals surface area (Å²) in [5.41, 5.74) is 1.26. The fourth-order valence-corrected chi connectivity index (χ4v) is 1.52. The van der Waals surface area contributed by atoms with E-state index in [-0.39, 0.29) is 42.3 Å².